The van der Waals surface area contributed by atoms with Gasteiger partial charge in [-0.2, -0.15) is 10.5 Å². The fraction of sp³-hybridized carbons (Fsp3) is 0.250. The maximum absolute atomic E-state index is 11.3. The van der Waals surface area contributed by atoms with Crippen molar-refractivity contribution in [2.75, 3.05) is 0 Å². The van der Waals surface area contributed by atoms with Crippen molar-refractivity contribution < 1.29 is 4.79 Å². The average molecular weight is 191 g/mol. The lowest BCUT2D eigenvalue weighted by Crippen LogP contribution is -2.11. The average Bonchev–Trinajstić information content (AvgIpc) is 2.54. The molecule has 0 aliphatic rings. The summed E-state index contributed by atoms with van der Waals surface area (Å²) in [6.07, 6.45) is 0. The predicted molar refractivity (Wildman–Crippen MR) is 45.9 cm³/mol. The quantitative estimate of drug-likeness (QED) is 0.660. The highest BCUT2D eigenvalue weighted by molar-refractivity contribution is 7.09. The summed E-state index contributed by atoms with van der Waals surface area (Å²) in [5.74, 6) is -1.75. The lowest BCUT2D eigenvalue weighted by atomic mass is 10.1. The molecule has 0 unspecified atom stereocenters. The van der Waals surface area contributed by atoms with E-state index >= 15 is 0 Å². The van der Waals surface area contributed by atoms with E-state index in [9.17, 15) is 4.79 Å². The van der Waals surface area contributed by atoms with E-state index in [0.717, 1.165) is 5.01 Å². The fourth-order valence-electron chi connectivity index (χ4n) is 0.771. The van der Waals surface area contributed by atoms with E-state index in [1.807, 2.05) is 0 Å². The van der Waals surface area contributed by atoms with Gasteiger partial charge in [0, 0.05) is 5.38 Å². The molecule has 0 bridgehead atoms. The van der Waals surface area contributed by atoms with Gasteiger partial charge in [0.15, 0.2) is 5.92 Å². The van der Waals surface area contributed by atoms with E-state index in [1.54, 1.807) is 24.4 Å². The lowest BCUT2D eigenvalue weighted by molar-refractivity contribution is 0.0966. The molecule has 4 nitrogen and oxygen atoms in total. The second-order valence-corrected chi connectivity index (χ2v) is 3.37. The van der Waals surface area contributed by atoms with E-state index in [2.05, 4.69) is 4.98 Å². The van der Waals surface area contributed by atoms with Gasteiger partial charge in [0.1, 0.15) is 5.69 Å². The number of carbonyl (C=O) groups is 1. The summed E-state index contributed by atoms with van der Waals surface area (Å²) < 4.78 is 0. The van der Waals surface area contributed by atoms with Gasteiger partial charge in [-0.25, -0.2) is 4.98 Å². The second-order valence-electron chi connectivity index (χ2n) is 2.31. The highest BCUT2D eigenvalue weighted by Crippen LogP contribution is 2.12. The zero-order chi connectivity index (χ0) is 9.84. The molecule has 0 saturated heterocycles. The van der Waals surface area contributed by atoms with Crippen LogP contribution in [0, 0.1) is 35.5 Å². The van der Waals surface area contributed by atoms with Crippen LogP contribution in [0.1, 0.15) is 15.5 Å². The number of carbonyl (C=O) groups excluding carboxylic acids is 1. The third kappa shape index (κ3) is 1.90. The van der Waals surface area contributed by atoms with Crippen LogP contribution in [0.4, 0.5) is 0 Å². The maximum atomic E-state index is 11.3. The molecule has 0 atom stereocenters. The number of nitriles is 2. The topological polar surface area (TPSA) is 77.5 Å². The number of nitrogens with zero attached hydrogens (tertiary/aromatic N) is 3. The molecule has 0 saturated carbocycles. The van der Waals surface area contributed by atoms with Gasteiger partial charge in [0.25, 0.3) is 0 Å². The van der Waals surface area contributed by atoms with Crippen LogP contribution in [0.15, 0.2) is 5.38 Å². The SMILES string of the molecule is Cc1nc(C(=O)C(C#N)C#N)cs1. The summed E-state index contributed by atoms with van der Waals surface area (Å²) >= 11 is 1.32. The molecule has 1 aromatic heterocycles. The van der Waals surface area contributed by atoms with Crippen LogP contribution in [0.2, 0.25) is 0 Å². The van der Waals surface area contributed by atoms with Crippen molar-refractivity contribution in [1.82, 2.24) is 4.98 Å². The van der Waals surface area contributed by atoms with Crippen molar-refractivity contribution in [1.29, 1.82) is 10.5 Å². The monoisotopic (exact) mass is 191 g/mol. The van der Waals surface area contributed by atoms with Crippen molar-refractivity contribution in [3.63, 3.8) is 0 Å². The molecule has 0 aliphatic carbocycles. The van der Waals surface area contributed by atoms with E-state index in [1.165, 1.54) is 11.3 Å². The molecule has 1 heterocycles. The number of hydrogen-bond acceptors (Lipinski definition) is 5. The Kier molecular flexibility index (Phi) is 2.73. The Labute approximate surface area is 79.1 Å². The molecule has 0 N–H and O–H groups in total. The van der Waals surface area contributed by atoms with E-state index < -0.39 is 11.7 Å². The fourth-order valence-corrected chi connectivity index (χ4v) is 1.37. The third-order valence-electron chi connectivity index (χ3n) is 1.39. The number of rotatable bonds is 2. The second kappa shape index (κ2) is 3.79. The summed E-state index contributed by atoms with van der Waals surface area (Å²) in [6.45, 7) is 1.76. The molecule has 0 amide bonds. The van der Waals surface area contributed by atoms with Crippen LogP contribution in [-0.4, -0.2) is 10.8 Å². The maximum Gasteiger partial charge on any atom is 0.213 e. The van der Waals surface area contributed by atoms with Crippen LogP contribution in [0.5, 0.6) is 0 Å². The summed E-state index contributed by atoms with van der Waals surface area (Å²) in [5, 5.41) is 19.2. The normalized spacial score (nSPS) is 9.23. The Hall–Kier alpha value is -1.72. The van der Waals surface area contributed by atoms with E-state index in [4.69, 9.17) is 10.5 Å². The minimum absolute atomic E-state index is 0.204. The number of ketones is 1. The van der Waals surface area contributed by atoms with Crippen LogP contribution in [0.25, 0.3) is 0 Å². The van der Waals surface area contributed by atoms with Gasteiger partial charge in [-0.05, 0) is 6.92 Å². The molecule has 0 aromatic carbocycles. The Bertz CT molecular complexity index is 396. The third-order valence-corrected chi connectivity index (χ3v) is 2.17. The Balaban J connectivity index is 2.94. The molecule has 0 fully saturated rings. The first-order valence-corrected chi connectivity index (χ1v) is 4.32. The molecular formula is C8H5N3OS. The zero-order valence-corrected chi connectivity index (χ0v) is 7.63. The molecule has 1 aromatic rings. The van der Waals surface area contributed by atoms with Crippen molar-refractivity contribution in [2.24, 2.45) is 5.92 Å². The van der Waals surface area contributed by atoms with Crippen molar-refractivity contribution in [2.45, 2.75) is 6.92 Å². The van der Waals surface area contributed by atoms with Gasteiger partial charge in [-0.3, -0.25) is 4.79 Å². The lowest BCUT2D eigenvalue weighted by Gasteiger charge is -1.92. The first kappa shape index (κ1) is 9.37. The molecule has 13 heavy (non-hydrogen) atoms. The summed E-state index contributed by atoms with van der Waals surface area (Å²) in [6, 6.07) is 3.23. The summed E-state index contributed by atoms with van der Waals surface area (Å²) in [5.41, 5.74) is 0.204. The standard InChI is InChI=1S/C8H5N3OS/c1-5-11-7(4-13-5)8(12)6(2-9)3-10/h4,6H,1H3. The molecule has 0 aliphatic heterocycles. The molecule has 5 heteroatoms. The molecule has 0 radical (unpaired) electrons. The van der Waals surface area contributed by atoms with Gasteiger partial charge in [0.2, 0.25) is 5.78 Å². The van der Waals surface area contributed by atoms with Gasteiger partial charge >= 0.3 is 0 Å². The minimum atomic E-state index is -1.23. The zero-order valence-electron chi connectivity index (χ0n) is 6.81. The van der Waals surface area contributed by atoms with E-state index in [-0.39, 0.29) is 5.69 Å². The smallest absolute Gasteiger partial charge is 0.213 e. The molecular weight excluding hydrogens is 186 g/mol. The number of aryl methyl sites for hydroxylation is 1. The number of aromatic nitrogens is 1. The van der Waals surface area contributed by atoms with Crippen LogP contribution in [0.3, 0.4) is 0 Å². The first-order valence-electron chi connectivity index (χ1n) is 3.44. The summed E-state index contributed by atoms with van der Waals surface area (Å²) in [7, 11) is 0. The number of hydrogen-bond donors (Lipinski definition) is 0. The molecule has 0 spiro atoms. The van der Waals surface area contributed by atoms with Gasteiger partial charge in [0.05, 0.1) is 17.1 Å². The highest BCUT2D eigenvalue weighted by Gasteiger charge is 2.20. The van der Waals surface area contributed by atoms with E-state index in [0.29, 0.717) is 0 Å². The molecule has 1 rings (SSSR count). The number of Topliss-reactive ketones (excluding diaryl/α,β-unsaturated/α-hetero) is 1. The predicted octanol–water partition coefficient (Wildman–Crippen LogP) is 1.30. The van der Waals surface area contributed by atoms with Gasteiger partial charge in [-0.15, -0.1) is 11.3 Å². The van der Waals surface area contributed by atoms with Gasteiger partial charge < -0.3 is 0 Å². The first-order chi connectivity index (χ1) is 6.19. The Morgan fingerprint density at radius 1 is 1.62 bits per heavy atom. The van der Waals surface area contributed by atoms with Crippen molar-refractivity contribution in [3.8, 4) is 12.1 Å². The molecule has 64 valence electrons. The largest absolute Gasteiger partial charge is 0.290 e. The van der Waals surface area contributed by atoms with Crippen LogP contribution in [-0.2, 0) is 0 Å². The Morgan fingerprint density at radius 2 is 2.23 bits per heavy atom. The summed E-state index contributed by atoms with van der Waals surface area (Å²) in [4.78, 5) is 15.2. The van der Waals surface area contributed by atoms with Gasteiger partial charge in [-0.1, -0.05) is 0 Å². The minimum Gasteiger partial charge on any atom is -0.290 e. The van der Waals surface area contributed by atoms with Crippen molar-refractivity contribution in [3.05, 3.63) is 16.1 Å². The van der Waals surface area contributed by atoms with Crippen molar-refractivity contribution >= 4 is 17.1 Å². The Morgan fingerprint density at radius 3 is 2.62 bits per heavy atom. The highest BCUT2D eigenvalue weighted by atomic mass is 32.1. The van der Waals surface area contributed by atoms with Crippen LogP contribution >= 0.6 is 11.3 Å². The van der Waals surface area contributed by atoms with Crippen LogP contribution < -0.4 is 0 Å². The number of thiazole rings is 1.